The zero-order chi connectivity index (χ0) is 49.1. The molecule has 0 spiro atoms. The van der Waals surface area contributed by atoms with Crippen LogP contribution in [-0.4, -0.2) is 74.5 Å². The number of phenols is 1. The van der Waals surface area contributed by atoms with Crippen LogP contribution < -0.4 is 14.2 Å². The van der Waals surface area contributed by atoms with Crippen molar-refractivity contribution in [3.8, 4) is 45.3 Å². The summed E-state index contributed by atoms with van der Waals surface area (Å²) in [6.45, 7) is 7.81. The Morgan fingerprint density at radius 2 is 0.861 bits per heavy atom. The van der Waals surface area contributed by atoms with E-state index in [4.69, 9.17) is 14.2 Å². The zero-order valence-electron chi connectivity index (χ0n) is 40.7. The minimum Gasteiger partial charge on any atom is -0.508 e. The molecule has 0 unspecified atom stereocenters. The van der Waals surface area contributed by atoms with Crippen LogP contribution in [0.15, 0.2) is 146 Å². The fourth-order valence-corrected chi connectivity index (χ4v) is 10.0. The highest BCUT2D eigenvalue weighted by atomic mass is 35.5. The number of phenolic OH excluding ortho intramolecular Hbond substituents is 1. The summed E-state index contributed by atoms with van der Waals surface area (Å²) in [4.78, 5) is 4.90. The first kappa shape index (κ1) is 51.8. The van der Waals surface area contributed by atoms with Gasteiger partial charge in [-0.05, 0) is 192 Å². The molecule has 8 aromatic carbocycles. The minimum absolute atomic E-state index is 0. The van der Waals surface area contributed by atoms with Crippen LogP contribution in [0.3, 0.4) is 0 Å². The van der Waals surface area contributed by atoms with E-state index in [2.05, 4.69) is 9.80 Å². The molecule has 2 aliphatic heterocycles. The van der Waals surface area contributed by atoms with Gasteiger partial charge in [0.1, 0.15) is 59.5 Å². The molecule has 0 atom stereocenters. The van der Waals surface area contributed by atoms with Crippen LogP contribution in [0.5, 0.6) is 23.0 Å². The first-order valence-corrected chi connectivity index (χ1v) is 24.8. The lowest BCUT2D eigenvalue weighted by atomic mass is 9.89. The predicted octanol–water partition coefficient (Wildman–Crippen LogP) is 14.6. The van der Waals surface area contributed by atoms with Gasteiger partial charge in [0.05, 0.1) is 18.2 Å². The Morgan fingerprint density at radius 1 is 0.458 bits per heavy atom. The van der Waals surface area contributed by atoms with E-state index in [0.717, 1.165) is 100 Å². The second-order valence-electron chi connectivity index (χ2n) is 18.5. The van der Waals surface area contributed by atoms with E-state index in [1.165, 1.54) is 74.9 Å². The average molecular weight is 998 g/mol. The van der Waals surface area contributed by atoms with Crippen LogP contribution in [0, 0.1) is 23.3 Å². The van der Waals surface area contributed by atoms with Crippen molar-refractivity contribution in [2.45, 2.75) is 51.4 Å². The third-order valence-electron chi connectivity index (χ3n) is 13.8. The second kappa shape index (κ2) is 24.7. The standard InChI is InChI=1S/C31H31F2NO2.C30H29F2NO2.ClH/c1-35-25-13-15-26-23(21-25)10-14-27(31-29(32)6-5-7-30(31)33)28(26)20-22-8-11-24(12-9-22)36-19-18-34-16-3-2-4-17-34;31-28-5-4-6-29(32)30(28)26-13-9-22-20-23(34)10-14-25(22)27(26)19-21-7-11-24(12-8-21)35-18-17-33-15-2-1-3-16-33;/h5-15,21H,2-4,16-20H2,1H3;4-14,20,34H,1-3,15-19H2;1H. The summed E-state index contributed by atoms with van der Waals surface area (Å²) < 4.78 is 76.4. The van der Waals surface area contributed by atoms with E-state index < -0.39 is 23.3 Å². The molecule has 2 saturated heterocycles. The number of likely N-dealkylation sites (tertiary alicyclic amines) is 2. The first-order chi connectivity index (χ1) is 34.7. The zero-order valence-corrected chi connectivity index (χ0v) is 41.5. The quantitative estimate of drug-likeness (QED) is 0.103. The average Bonchev–Trinajstić information content (AvgIpc) is 3.39. The summed E-state index contributed by atoms with van der Waals surface area (Å²) in [7, 11) is 1.63. The highest BCUT2D eigenvalue weighted by Crippen LogP contribution is 2.38. The van der Waals surface area contributed by atoms with Gasteiger partial charge in [-0.1, -0.05) is 85.6 Å². The van der Waals surface area contributed by atoms with E-state index in [9.17, 15) is 22.7 Å². The second-order valence-corrected chi connectivity index (χ2v) is 18.5. The summed E-state index contributed by atoms with van der Waals surface area (Å²) in [5.41, 5.74) is 4.78. The monoisotopic (exact) mass is 996 g/mol. The maximum Gasteiger partial charge on any atom is 0.133 e. The van der Waals surface area contributed by atoms with Crippen molar-refractivity contribution in [3.05, 3.63) is 191 Å². The lowest BCUT2D eigenvalue weighted by molar-refractivity contribution is 0.183. The number of halogens is 5. The number of hydrogen-bond acceptors (Lipinski definition) is 6. The lowest BCUT2D eigenvalue weighted by Gasteiger charge is -2.26. The van der Waals surface area contributed by atoms with Crippen LogP contribution in [0.4, 0.5) is 17.6 Å². The molecule has 2 aliphatic rings. The van der Waals surface area contributed by atoms with Crippen LogP contribution >= 0.6 is 12.4 Å². The predicted molar refractivity (Wildman–Crippen MR) is 284 cm³/mol. The fraction of sp³-hybridized carbons (Fsp3) is 0.279. The van der Waals surface area contributed by atoms with Gasteiger partial charge in [0, 0.05) is 13.1 Å². The van der Waals surface area contributed by atoms with E-state index >= 15 is 0 Å². The van der Waals surface area contributed by atoms with E-state index in [1.807, 2.05) is 72.8 Å². The third kappa shape index (κ3) is 12.7. The van der Waals surface area contributed by atoms with E-state index in [0.29, 0.717) is 37.2 Å². The largest absolute Gasteiger partial charge is 0.508 e. The molecule has 11 heteroatoms. The molecular formula is C61H61ClF4N2O4. The molecule has 0 aliphatic carbocycles. The van der Waals surface area contributed by atoms with Crippen molar-refractivity contribution in [2.24, 2.45) is 0 Å². The summed E-state index contributed by atoms with van der Waals surface area (Å²) in [6.07, 6.45) is 8.74. The molecule has 6 nitrogen and oxygen atoms in total. The Bertz CT molecular complexity index is 3030. The van der Waals surface area contributed by atoms with Crippen LogP contribution in [-0.2, 0) is 12.8 Å². The van der Waals surface area contributed by atoms with Gasteiger partial charge >= 0.3 is 0 Å². The molecule has 2 fully saturated rings. The number of benzene rings is 8. The summed E-state index contributed by atoms with van der Waals surface area (Å²) >= 11 is 0. The van der Waals surface area contributed by atoms with Crippen molar-refractivity contribution in [1.29, 1.82) is 0 Å². The van der Waals surface area contributed by atoms with Gasteiger partial charge in [-0.25, -0.2) is 17.6 Å². The number of nitrogens with zero attached hydrogens (tertiary/aromatic N) is 2. The molecule has 0 saturated carbocycles. The summed E-state index contributed by atoms with van der Waals surface area (Å²) in [5.74, 6) is 0.211. The van der Waals surface area contributed by atoms with Gasteiger partial charge in [-0.2, -0.15) is 0 Å². The Kier molecular flexibility index (Phi) is 17.8. The van der Waals surface area contributed by atoms with E-state index in [1.54, 1.807) is 43.5 Å². The molecule has 0 bridgehead atoms. The molecule has 10 rings (SSSR count). The Balaban J connectivity index is 0.000000190. The SMILES string of the molecule is COc1ccc2c(Cc3ccc(OCCN4CCCCC4)cc3)c(-c3c(F)cccc3F)ccc2c1.Cl.Oc1ccc2c(Cc3ccc(OCCN4CCCCC4)cc3)c(-c3c(F)cccc3F)ccc2c1. The normalized spacial score (nSPS) is 14.1. The minimum atomic E-state index is -0.596. The smallest absolute Gasteiger partial charge is 0.133 e. The fourth-order valence-electron chi connectivity index (χ4n) is 10.0. The number of ether oxygens (including phenoxy) is 3. The van der Waals surface area contributed by atoms with Gasteiger partial charge in [-0.15, -0.1) is 12.4 Å². The van der Waals surface area contributed by atoms with Crippen LogP contribution in [0.2, 0.25) is 0 Å². The molecule has 374 valence electrons. The summed E-state index contributed by atoms with van der Waals surface area (Å²) in [6, 6.07) is 41.9. The Hall–Kier alpha value is -6.59. The van der Waals surface area contributed by atoms with Gasteiger partial charge in [0.25, 0.3) is 0 Å². The van der Waals surface area contributed by atoms with Crippen LogP contribution in [0.1, 0.15) is 60.8 Å². The van der Waals surface area contributed by atoms with Gasteiger partial charge in [0.2, 0.25) is 0 Å². The van der Waals surface area contributed by atoms with Crippen molar-refractivity contribution >= 4 is 34.0 Å². The highest BCUT2D eigenvalue weighted by molar-refractivity contribution is 5.94. The first-order valence-electron chi connectivity index (χ1n) is 24.8. The third-order valence-corrected chi connectivity index (χ3v) is 13.8. The van der Waals surface area contributed by atoms with Gasteiger partial charge < -0.3 is 19.3 Å². The molecule has 0 amide bonds. The van der Waals surface area contributed by atoms with Crippen molar-refractivity contribution in [3.63, 3.8) is 0 Å². The lowest BCUT2D eigenvalue weighted by Crippen LogP contribution is -2.33. The van der Waals surface area contributed by atoms with Crippen molar-refractivity contribution < 1.29 is 36.9 Å². The number of rotatable bonds is 15. The molecule has 8 aromatic rings. The van der Waals surface area contributed by atoms with Gasteiger partial charge in [0.15, 0.2) is 0 Å². The topological polar surface area (TPSA) is 54.4 Å². The maximum absolute atomic E-state index is 14.8. The molecule has 72 heavy (non-hydrogen) atoms. The summed E-state index contributed by atoms with van der Waals surface area (Å²) in [5, 5.41) is 13.5. The van der Waals surface area contributed by atoms with Crippen molar-refractivity contribution in [1.82, 2.24) is 9.80 Å². The molecule has 0 aromatic heterocycles. The van der Waals surface area contributed by atoms with Crippen molar-refractivity contribution in [2.75, 3.05) is 59.6 Å². The number of methoxy groups -OCH3 is 1. The number of piperidine rings is 2. The molecule has 1 N–H and O–H groups in total. The molecule has 2 heterocycles. The van der Waals surface area contributed by atoms with Crippen LogP contribution in [0.25, 0.3) is 43.8 Å². The van der Waals surface area contributed by atoms with Gasteiger partial charge in [-0.3, -0.25) is 9.80 Å². The number of hydrogen-bond donors (Lipinski definition) is 1. The number of aromatic hydroxyl groups is 1. The number of fused-ring (bicyclic) bond motifs is 2. The molecular weight excluding hydrogens is 936 g/mol. The Morgan fingerprint density at radius 3 is 1.29 bits per heavy atom. The highest BCUT2D eigenvalue weighted by Gasteiger charge is 2.20. The molecule has 0 radical (unpaired) electrons. The maximum atomic E-state index is 14.8. The Labute approximate surface area is 426 Å². The van der Waals surface area contributed by atoms with E-state index in [-0.39, 0.29) is 29.3 Å².